The van der Waals surface area contributed by atoms with E-state index in [1.165, 1.54) is 0 Å². The van der Waals surface area contributed by atoms with E-state index in [4.69, 9.17) is 5.73 Å². The molecule has 0 saturated heterocycles. The average Bonchev–Trinajstić information content (AvgIpc) is 1.80. The van der Waals surface area contributed by atoms with Crippen molar-refractivity contribution in [2.24, 2.45) is 11.1 Å². The highest BCUT2D eigenvalue weighted by Gasteiger charge is 2.15. The van der Waals surface area contributed by atoms with Gasteiger partial charge in [0, 0.05) is 6.42 Å². The van der Waals surface area contributed by atoms with Gasteiger partial charge in [0.25, 0.3) is 5.91 Å². The van der Waals surface area contributed by atoms with Gasteiger partial charge in [0.05, 0.1) is 0 Å². The van der Waals surface area contributed by atoms with Crippen LogP contribution in [0, 0.1) is 5.41 Å². The van der Waals surface area contributed by atoms with E-state index in [0.29, 0.717) is 6.42 Å². The first-order valence-electron chi connectivity index (χ1n) is 3.65. The van der Waals surface area contributed by atoms with Crippen molar-refractivity contribution in [1.29, 1.82) is 0 Å². The summed E-state index contributed by atoms with van der Waals surface area (Å²) in [7, 11) is 0. The van der Waals surface area contributed by atoms with Crippen molar-refractivity contribution in [2.75, 3.05) is 0 Å². The molecule has 0 atom stereocenters. The lowest BCUT2D eigenvalue weighted by atomic mass is 9.89. The van der Waals surface area contributed by atoms with Crippen LogP contribution in [0.25, 0.3) is 0 Å². The van der Waals surface area contributed by atoms with Crippen LogP contribution in [0.2, 0.25) is 0 Å². The molecule has 0 radical (unpaired) electrons. The molecule has 3 nitrogen and oxygen atoms in total. The zero-order valence-electron chi connectivity index (χ0n) is 7.31. The number of carbonyl (C=O) groups is 2. The minimum absolute atomic E-state index is 0.0884. The number of primary amides is 1. The van der Waals surface area contributed by atoms with E-state index in [1.807, 2.05) is 20.8 Å². The number of carbonyl (C=O) groups excluding carboxylic acids is 2. The third-order valence-electron chi connectivity index (χ3n) is 1.38. The molecule has 0 unspecified atom stereocenters. The Morgan fingerprint density at radius 1 is 1.27 bits per heavy atom. The summed E-state index contributed by atoms with van der Waals surface area (Å²) < 4.78 is 0. The molecule has 3 heteroatoms. The lowest BCUT2D eigenvalue weighted by Crippen LogP contribution is -2.24. The second-order valence-corrected chi connectivity index (χ2v) is 3.85. The lowest BCUT2D eigenvalue weighted by molar-refractivity contribution is -0.136. The maximum absolute atomic E-state index is 10.7. The maximum Gasteiger partial charge on any atom is 0.284 e. The average molecular weight is 157 g/mol. The molecule has 0 fully saturated rings. The van der Waals surface area contributed by atoms with Gasteiger partial charge in [-0.15, -0.1) is 0 Å². The third-order valence-corrected chi connectivity index (χ3v) is 1.38. The zero-order chi connectivity index (χ0) is 9.07. The van der Waals surface area contributed by atoms with Gasteiger partial charge in [-0.2, -0.15) is 0 Å². The fourth-order valence-electron chi connectivity index (χ4n) is 0.612. The summed E-state index contributed by atoms with van der Waals surface area (Å²) in [6, 6.07) is 0. The number of ketones is 1. The van der Waals surface area contributed by atoms with Crippen LogP contribution in [-0.2, 0) is 9.59 Å². The molecule has 0 spiro atoms. The van der Waals surface area contributed by atoms with E-state index < -0.39 is 11.7 Å². The Bertz CT molecular complexity index is 167. The number of hydrogen-bond donors (Lipinski definition) is 1. The standard InChI is InChI=1S/C8H15NO2/c1-8(2,3)5-4-6(10)7(9)11/h4-5H2,1-3H3,(H2,9,11). The summed E-state index contributed by atoms with van der Waals surface area (Å²) in [4.78, 5) is 21.0. The van der Waals surface area contributed by atoms with E-state index in [0.717, 1.165) is 0 Å². The molecule has 0 aromatic heterocycles. The Morgan fingerprint density at radius 3 is 2.00 bits per heavy atom. The van der Waals surface area contributed by atoms with Gasteiger partial charge in [0.1, 0.15) is 0 Å². The topological polar surface area (TPSA) is 60.2 Å². The summed E-state index contributed by atoms with van der Waals surface area (Å²) in [5.74, 6) is -1.30. The molecule has 0 heterocycles. The van der Waals surface area contributed by atoms with Gasteiger partial charge in [0.15, 0.2) is 0 Å². The van der Waals surface area contributed by atoms with Crippen molar-refractivity contribution in [3.8, 4) is 0 Å². The van der Waals surface area contributed by atoms with E-state index in [9.17, 15) is 9.59 Å². The highest BCUT2D eigenvalue weighted by molar-refractivity contribution is 6.35. The number of Topliss-reactive ketones (excluding diaryl/α,β-unsaturated/α-hetero) is 1. The van der Waals surface area contributed by atoms with Crippen LogP contribution in [0.5, 0.6) is 0 Å². The van der Waals surface area contributed by atoms with Crippen LogP contribution < -0.4 is 5.73 Å². The summed E-state index contributed by atoms with van der Waals surface area (Å²) in [5.41, 5.74) is 4.87. The van der Waals surface area contributed by atoms with Gasteiger partial charge in [0.2, 0.25) is 5.78 Å². The SMILES string of the molecule is CC(C)(C)CCC(=O)C(N)=O. The molecule has 0 aromatic rings. The summed E-state index contributed by atoms with van der Waals surface area (Å²) >= 11 is 0. The summed E-state index contributed by atoms with van der Waals surface area (Å²) in [5, 5.41) is 0. The molecule has 0 aliphatic heterocycles. The zero-order valence-corrected chi connectivity index (χ0v) is 7.31. The Balaban J connectivity index is 3.73. The second kappa shape index (κ2) is 3.51. The van der Waals surface area contributed by atoms with Crippen molar-refractivity contribution >= 4 is 11.7 Å². The fourth-order valence-corrected chi connectivity index (χ4v) is 0.612. The molecule has 0 aliphatic carbocycles. The van der Waals surface area contributed by atoms with Crippen LogP contribution in [0.15, 0.2) is 0 Å². The number of amides is 1. The first kappa shape index (κ1) is 10.1. The van der Waals surface area contributed by atoms with Crippen LogP contribution in [-0.4, -0.2) is 11.7 Å². The maximum atomic E-state index is 10.7. The molecule has 2 N–H and O–H groups in total. The lowest BCUT2D eigenvalue weighted by Gasteiger charge is -2.16. The molecule has 0 aromatic carbocycles. The van der Waals surface area contributed by atoms with Gasteiger partial charge in [-0.25, -0.2) is 0 Å². The first-order valence-corrected chi connectivity index (χ1v) is 3.65. The van der Waals surface area contributed by atoms with Crippen molar-refractivity contribution in [1.82, 2.24) is 0 Å². The van der Waals surface area contributed by atoms with E-state index >= 15 is 0 Å². The molecule has 0 bridgehead atoms. The van der Waals surface area contributed by atoms with E-state index in [-0.39, 0.29) is 11.8 Å². The highest BCUT2D eigenvalue weighted by Crippen LogP contribution is 2.20. The normalized spacial score (nSPS) is 11.2. The fraction of sp³-hybridized carbons (Fsp3) is 0.750. The van der Waals surface area contributed by atoms with Gasteiger partial charge in [-0.05, 0) is 11.8 Å². The molecular weight excluding hydrogens is 142 g/mol. The van der Waals surface area contributed by atoms with Crippen LogP contribution in [0.3, 0.4) is 0 Å². The van der Waals surface area contributed by atoms with Crippen molar-refractivity contribution in [3.63, 3.8) is 0 Å². The van der Waals surface area contributed by atoms with Gasteiger partial charge in [-0.1, -0.05) is 20.8 Å². The molecule has 1 amide bonds. The number of hydrogen-bond acceptors (Lipinski definition) is 2. The van der Waals surface area contributed by atoms with Gasteiger partial charge >= 0.3 is 0 Å². The van der Waals surface area contributed by atoms with Gasteiger partial charge < -0.3 is 5.73 Å². The number of nitrogens with two attached hydrogens (primary N) is 1. The monoisotopic (exact) mass is 157 g/mol. The third kappa shape index (κ3) is 5.58. The minimum Gasteiger partial charge on any atom is -0.363 e. The largest absolute Gasteiger partial charge is 0.363 e. The predicted molar refractivity (Wildman–Crippen MR) is 42.9 cm³/mol. The Morgan fingerprint density at radius 2 is 1.73 bits per heavy atom. The molecular formula is C8H15NO2. The van der Waals surface area contributed by atoms with Crippen LogP contribution in [0.1, 0.15) is 33.6 Å². The first-order chi connectivity index (χ1) is 4.83. The highest BCUT2D eigenvalue weighted by atomic mass is 16.2. The van der Waals surface area contributed by atoms with Crippen LogP contribution >= 0.6 is 0 Å². The molecule has 64 valence electrons. The number of rotatable bonds is 3. The second-order valence-electron chi connectivity index (χ2n) is 3.85. The molecule has 0 aliphatic rings. The molecule has 11 heavy (non-hydrogen) atoms. The van der Waals surface area contributed by atoms with Crippen LogP contribution in [0.4, 0.5) is 0 Å². The van der Waals surface area contributed by atoms with Crippen molar-refractivity contribution < 1.29 is 9.59 Å². The summed E-state index contributed by atoms with van der Waals surface area (Å²) in [6.07, 6.45) is 0.966. The molecule has 0 rings (SSSR count). The molecule has 0 saturated carbocycles. The van der Waals surface area contributed by atoms with Crippen molar-refractivity contribution in [3.05, 3.63) is 0 Å². The van der Waals surface area contributed by atoms with Crippen molar-refractivity contribution in [2.45, 2.75) is 33.6 Å². The smallest absolute Gasteiger partial charge is 0.284 e. The Hall–Kier alpha value is -0.860. The van der Waals surface area contributed by atoms with E-state index in [2.05, 4.69) is 0 Å². The quantitative estimate of drug-likeness (QED) is 0.618. The predicted octanol–water partition coefficient (Wildman–Crippen LogP) is 0.867. The summed E-state index contributed by atoms with van der Waals surface area (Å²) in [6.45, 7) is 6.05. The Labute approximate surface area is 67.0 Å². The van der Waals surface area contributed by atoms with E-state index in [1.54, 1.807) is 0 Å². The Kier molecular flexibility index (Phi) is 3.23. The van der Waals surface area contributed by atoms with Gasteiger partial charge in [-0.3, -0.25) is 9.59 Å². The minimum atomic E-state index is -0.825.